The van der Waals surface area contributed by atoms with Gasteiger partial charge in [-0.2, -0.15) is 4.31 Å². The Hall–Kier alpha value is -2.04. The second-order valence-corrected chi connectivity index (χ2v) is 8.59. The third kappa shape index (κ3) is 4.28. The number of hydrogen-bond acceptors (Lipinski definition) is 6. The summed E-state index contributed by atoms with van der Waals surface area (Å²) in [5, 5.41) is 14.0. The molecule has 2 saturated heterocycles. The summed E-state index contributed by atoms with van der Waals surface area (Å²) in [5.74, 6) is -0.382. The van der Waals surface area contributed by atoms with Crippen LogP contribution in [0.2, 0.25) is 0 Å². The molecule has 148 valence electrons. The molecule has 1 aromatic carbocycles. The van der Waals surface area contributed by atoms with Crippen molar-refractivity contribution in [2.24, 2.45) is 0 Å². The summed E-state index contributed by atoms with van der Waals surface area (Å²) in [7, 11) is -4.17. The zero-order valence-corrected chi connectivity index (χ0v) is 15.7. The lowest BCUT2D eigenvalue weighted by Crippen LogP contribution is -2.52. The van der Waals surface area contributed by atoms with Gasteiger partial charge in [-0.25, -0.2) is 8.42 Å². The van der Waals surface area contributed by atoms with Crippen molar-refractivity contribution in [3.63, 3.8) is 0 Å². The normalized spacial score (nSPS) is 23.9. The van der Waals surface area contributed by atoms with E-state index in [2.05, 4.69) is 5.32 Å². The minimum absolute atomic E-state index is 0.0437. The summed E-state index contributed by atoms with van der Waals surface area (Å²) in [6.45, 7) is 1.17. The number of piperidine rings is 1. The van der Waals surface area contributed by atoms with Crippen LogP contribution >= 0.6 is 0 Å². The number of nitro groups is 1. The van der Waals surface area contributed by atoms with E-state index in [1.54, 1.807) is 0 Å². The maximum atomic E-state index is 13.1. The number of rotatable bonds is 6. The second-order valence-electron chi connectivity index (χ2n) is 6.73. The highest BCUT2D eigenvalue weighted by molar-refractivity contribution is 7.89. The van der Waals surface area contributed by atoms with Gasteiger partial charge in [-0.3, -0.25) is 14.9 Å². The van der Waals surface area contributed by atoms with E-state index in [9.17, 15) is 23.3 Å². The molecule has 27 heavy (non-hydrogen) atoms. The Labute approximate surface area is 157 Å². The molecule has 2 unspecified atom stereocenters. The number of nitrogens with zero attached hydrogens (tertiary/aromatic N) is 2. The van der Waals surface area contributed by atoms with E-state index in [0.717, 1.165) is 29.6 Å². The number of para-hydroxylation sites is 1. The van der Waals surface area contributed by atoms with Crippen LogP contribution in [0.1, 0.15) is 32.1 Å². The molecule has 0 saturated carbocycles. The molecular formula is C17H23N3O6S. The average Bonchev–Trinajstić information content (AvgIpc) is 3.19. The minimum atomic E-state index is -4.17. The van der Waals surface area contributed by atoms with Crippen molar-refractivity contribution in [3.8, 4) is 0 Å². The van der Waals surface area contributed by atoms with E-state index in [1.807, 2.05) is 0 Å². The fraction of sp³-hybridized carbons (Fsp3) is 0.588. The lowest BCUT2D eigenvalue weighted by molar-refractivity contribution is -0.387. The van der Waals surface area contributed by atoms with Gasteiger partial charge in [0.1, 0.15) is 6.04 Å². The summed E-state index contributed by atoms with van der Waals surface area (Å²) in [6.07, 6.45) is 3.48. The molecule has 2 atom stereocenters. The monoisotopic (exact) mass is 397 g/mol. The van der Waals surface area contributed by atoms with Crippen LogP contribution in [0, 0.1) is 10.1 Å². The van der Waals surface area contributed by atoms with Crippen molar-refractivity contribution in [2.75, 3.05) is 19.7 Å². The molecular weight excluding hydrogens is 374 g/mol. The second kappa shape index (κ2) is 8.32. The number of hydrogen-bond donors (Lipinski definition) is 1. The van der Waals surface area contributed by atoms with Crippen LogP contribution < -0.4 is 5.32 Å². The molecule has 2 aliphatic rings. The standard InChI is InChI=1S/C17H23N3O6S/c21-17(18-12-13-6-5-11-26-13)15-8-3-4-10-19(15)27(24,25)16-9-2-1-7-14(16)20(22)23/h1-2,7,9,13,15H,3-6,8,10-12H2,(H,18,21). The first-order chi connectivity index (χ1) is 12.9. The third-order valence-corrected chi connectivity index (χ3v) is 6.89. The number of carbonyl (C=O) groups is 1. The Morgan fingerprint density at radius 2 is 2.04 bits per heavy atom. The molecule has 1 N–H and O–H groups in total. The van der Waals surface area contributed by atoms with Gasteiger partial charge in [0.2, 0.25) is 5.91 Å². The fourth-order valence-electron chi connectivity index (χ4n) is 3.54. The van der Waals surface area contributed by atoms with Crippen LogP contribution in [0.25, 0.3) is 0 Å². The Morgan fingerprint density at radius 1 is 1.26 bits per heavy atom. The van der Waals surface area contributed by atoms with E-state index < -0.39 is 26.7 Å². The van der Waals surface area contributed by atoms with Gasteiger partial charge < -0.3 is 10.1 Å². The van der Waals surface area contributed by atoms with Gasteiger partial charge >= 0.3 is 0 Å². The van der Waals surface area contributed by atoms with Crippen LogP contribution in [0.3, 0.4) is 0 Å². The van der Waals surface area contributed by atoms with E-state index in [0.29, 0.717) is 26.0 Å². The number of carbonyl (C=O) groups excluding carboxylic acids is 1. The summed E-state index contributed by atoms with van der Waals surface area (Å²) in [4.78, 5) is 22.8. The molecule has 1 aromatic rings. The quantitative estimate of drug-likeness (QED) is 0.573. The summed E-state index contributed by atoms with van der Waals surface area (Å²) in [6, 6.07) is 4.35. The highest BCUT2D eigenvalue weighted by Gasteiger charge is 2.40. The van der Waals surface area contributed by atoms with Gasteiger partial charge in [-0.05, 0) is 31.7 Å². The smallest absolute Gasteiger partial charge is 0.289 e. The molecule has 2 heterocycles. The molecule has 0 aromatic heterocycles. The molecule has 2 aliphatic heterocycles. The molecule has 0 bridgehead atoms. The molecule has 9 nitrogen and oxygen atoms in total. The minimum Gasteiger partial charge on any atom is -0.376 e. The average molecular weight is 397 g/mol. The van der Waals surface area contributed by atoms with Crippen LogP contribution in [0.5, 0.6) is 0 Å². The largest absolute Gasteiger partial charge is 0.376 e. The Kier molecular flexibility index (Phi) is 6.08. The Morgan fingerprint density at radius 3 is 2.74 bits per heavy atom. The van der Waals surface area contributed by atoms with Crippen molar-refractivity contribution < 1.29 is 22.9 Å². The predicted molar refractivity (Wildman–Crippen MR) is 96.6 cm³/mol. The van der Waals surface area contributed by atoms with Gasteiger partial charge in [0, 0.05) is 25.8 Å². The predicted octanol–water partition coefficient (Wildman–Crippen LogP) is 1.43. The Bertz CT molecular complexity index is 807. The number of ether oxygens (including phenoxy) is 1. The number of sulfonamides is 1. The van der Waals surface area contributed by atoms with Crippen molar-refractivity contribution in [1.82, 2.24) is 9.62 Å². The molecule has 0 spiro atoms. The van der Waals surface area contributed by atoms with Gasteiger partial charge in [0.25, 0.3) is 15.7 Å². The zero-order chi connectivity index (χ0) is 19.4. The van der Waals surface area contributed by atoms with Crippen molar-refractivity contribution in [1.29, 1.82) is 0 Å². The van der Waals surface area contributed by atoms with E-state index in [4.69, 9.17) is 4.74 Å². The molecule has 10 heteroatoms. The molecule has 1 amide bonds. The van der Waals surface area contributed by atoms with Crippen molar-refractivity contribution in [2.45, 2.75) is 49.1 Å². The Balaban J connectivity index is 1.81. The molecule has 0 aliphatic carbocycles. The lowest BCUT2D eigenvalue weighted by Gasteiger charge is -2.33. The zero-order valence-electron chi connectivity index (χ0n) is 14.9. The van der Waals surface area contributed by atoms with Gasteiger partial charge in [-0.15, -0.1) is 0 Å². The van der Waals surface area contributed by atoms with E-state index >= 15 is 0 Å². The van der Waals surface area contributed by atoms with Crippen LogP contribution in [0.15, 0.2) is 29.2 Å². The number of benzene rings is 1. The van der Waals surface area contributed by atoms with Crippen LogP contribution in [0.4, 0.5) is 5.69 Å². The van der Waals surface area contributed by atoms with Crippen molar-refractivity contribution >= 4 is 21.6 Å². The number of amides is 1. The lowest BCUT2D eigenvalue weighted by atomic mass is 10.0. The highest BCUT2D eigenvalue weighted by Crippen LogP contribution is 2.30. The SMILES string of the molecule is O=C(NCC1CCCO1)C1CCCCN1S(=O)(=O)c1ccccc1[N+](=O)[O-]. The fourth-order valence-corrected chi connectivity index (χ4v) is 5.36. The summed E-state index contributed by atoms with van der Waals surface area (Å²) >= 11 is 0. The highest BCUT2D eigenvalue weighted by atomic mass is 32.2. The van der Waals surface area contributed by atoms with Gasteiger partial charge in [0.05, 0.1) is 11.0 Å². The maximum absolute atomic E-state index is 13.1. The summed E-state index contributed by atoms with van der Waals surface area (Å²) in [5.41, 5.74) is -0.485. The van der Waals surface area contributed by atoms with Gasteiger partial charge in [0.15, 0.2) is 4.90 Å². The van der Waals surface area contributed by atoms with Crippen molar-refractivity contribution in [3.05, 3.63) is 34.4 Å². The number of nitro benzene ring substituents is 1. The van der Waals surface area contributed by atoms with E-state index in [1.165, 1.54) is 18.2 Å². The summed E-state index contributed by atoms with van der Waals surface area (Å²) < 4.78 is 32.8. The van der Waals surface area contributed by atoms with Crippen LogP contribution in [-0.4, -0.2) is 55.4 Å². The molecule has 0 radical (unpaired) electrons. The van der Waals surface area contributed by atoms with E-state index in [-0.39, 0.29) is 23.5 Å². The topological polar surface area (TPSA) is 119 Å². The first-order valence-corrected chi connectivity index (χ1v) is 10.5. The van der Waals surface area contributed by atoms with Gasteiger partial charge in [-0.1, -0.05) is 18.6 Å². The first kappa shape index (κ1) is 19.7. The number of nitrogens with one attached hydrogen (secondary N) is 1. The third-order valence-electron chi connectivity index (χ3n) is 4.93. The maximum Gasteiger partial charge on any atom is 0.289 e. The molecule has 2 fully saturated rings. The molecule has 3 rings (SSSR count). The first-order valence-electron chi connectivity index (χ1n) is 9.06. The van der Waals surface area contributed by atoms with Crippen LogP contribution in [-0.2, 0) is 19.6 Å².